The van der Waals surface area contributed by atoms with Crippen molar-refractivity contribution in [3.63, 3.8) is 0 Å². The van der Waals surface area contributed by atoms with Crippen LogP contribution in [0.4, 0.5) is 0 Å². The molecule has 134 valence electrons. The van der Waals surface area contributed by atoms with E-state index in [9.17, 15) is 0 Å². The second-order valence-corrected chi connectivity index (χ2v) is 11.1. The zero-order chi connectivity index (χ0) is 17.0. The molecule has 6 heteroatoms. The Morgan fingerprint density at radius 3 is 1.83 bits per heavy atom. The van der Waals surface area contributed by atoms with Crippen molar-refractivity contribution < 1.29 is 9.47 Å². The first kappa shape index (κ1) is 18.3. The molecular weight excluding hydrogens is 339 g/mol. The highest BCUT2D eigenvalue weighted by molar-refractivity contribution is 8.53. The summed E-state index contributed by atoms with van der Waals surface area (Å²) in [6, 6.07) is 6.24. The Bertz CT molecular complexity index is 528. The Morgan fingerprint density at radius 1 is 0.833 bits per heavy atom. The Labute approximate surface area is 152 Å². The number of thiol groups is 1. The van der Waals surface area contributed by atoms with Crippen LogP contribution in [0.5, 0.6) is 11.5 Å². The zero-order valence-corrected chi connectivity index (χ0v) is 16.7. The molecule has 2 heterocycles. The molecule has 1 aromatic rings. The lowest BCUT2D eigenvalue weighted by Gasteiger charge is -2.42. The van der Waals surface area contributed by atoms with Gasteiger partial charge in [0.2, 0.25) is 6.77 Å². The quantitative estimate of drug-likeness (QED) is 0.627. The van der Waals surface area contributed by atoms with E-state index in [1.165, 1.54) is 43.8 Å². The fourth-order valence-electron chi connectivity index (χ4n) is 3.83. The molecule has 0 aliphatic carbocycles. The van der Waals surface area contributed by atoms with Gasteiger partial charge in [0, 0.05) is 44.5 Å². The summed E-state index contributed by atoms with van der Waals surface area (Å²) in [5.41, 5.74) is 0. The molecule has 2 saturated heterocycles. The minimum absolute atomic E-state index is 0.841. The van der Waals surface area contributed by atoms with E-state index in [2.05, 4.69) is 21.5 Å². The smallest absolute Gasteiger partial charge is 0.247 e. The number of methoxy groups -OCH3 is 2. The Balaban J connectivity index is 2.03. The van der Waals surface area contributed by atoms with Crippen LogP contribution in [-0.4, -0.2) is 49.7 Å². The number of nitrogens with zero attached hydrogens (tertiary/aromatic N) is 2. The molecule has 2 fully saturated rings. The second kappa shape index (κ2) is 8.27. The normalized spacial score (nSPS) is 20.8. The van der Waals surface area contributed by atoms with Gasteiger partial charge in [-0.25, -0.2) is 0 Å². The summed E-state index contributed by atoms with van der Waals surface area (Å²) in [6.45, 7) is 2.69. The van der Waals surface area contributed by atoms with Gasteiger partial charge >= 0.3 is 0 Å². The summed E-state index contributed by atoms with van der Waals surface area (Å²) in [7, 11) is 3.45. The first-order chi connectivity index (χ1) is 11.7. The van der Waals surface area contributed by atoms with Crippen LogP contribution in [0.15, 0.2) is 18.2 Å². The minimum atomic E-state index is -1.88. The number of hydrogen-bond acceptors (Lipinski definition) is 5. The van der Waals surface area contributed by atoms with Gasteiger partial charge in [0.15, 0.2) is 11.1 Å². The molecule has 0 atom stereocenters. The number of piperidine rings is 2. The van der Waals surface area contributed by atoms with E-state index >= 15 is 0 Å². The molecule has 4 nitrogen and oxygen atoms in total. The van der Waals surface area contributed by atoms with Crippen LogP contribution in [0.1, 0.15) is 38.5 Å². The second-order valence-electron chi connectivity index (χ2n) is 6.63. The van der Waals surface area contributed by atoms with Gasteiger partial charge in [-0.15, -0.1) is 9.34 Å². The van der Waals surface area contributed by atoms with Gasteiger partial charge < -0.3 is 9.47 Å². The van der Waals surface area contributed by atoms with Crippen molar-refractivity contribution in [1.29, 1.82) is 0 Å². The molecule has 24 heavy (non-hydrogen) atoms. The maximum atomic E-state index is 5.76. The van der Waals surface area contributed by atoms with E-state index in [0.29, 0.717) is 0 Å². The molecule has 2 aliphatic rings. The highest BCUT2D eigenvalue weighted by Crippen LogP contribution is 2.70. The van der Waals surface area contributed by atoms with Crippen molar-refractivity contribution in [3.05, 3.63) is 18.2 Å². The molecule has 0 saturated carbocycles. The molecule has 0 N–H and O–H groups in total. The third kappa shape index (κ3) is 3.55. The van der Waals surface area contributed by atoms with Crippen LogP contribution in [0, 0.1) is 0 Å². The monoisotopic (exact) mass is 369 g/mol. The summed E-state index contributed by atoms with van der Waals surface area (Å²) in [5, 5.41) is 1.25. The molecular formula is C18H30N2O2PS+. The topological polar surface area (TPSA) is 24.9 Å². The summed E-state index contributed by atoms with van der Waals surface area (Å²) in [5.74, 6) is 1.75. The maximum Gasteiger partial charge on any atom is 0.247 e. The number of benzene rings is 1. The fraction of sp³-hybridized carbons (Fsp3) is 0.667. The molecule has 0 amide bonds. The Morgan fingerprint density at radius 2 is 1.38 bits per heavy atom. The van der Waals surface area contributed by atoms with Crippen LogP contribution in [0.25, 0.3) is 0 Å². The van der Waals surface area contributed by atoms with Crippen molar-refractivity contribution in [3.8, 4) is 11.5 Å². The van der Waals surface area contributed by atoms with Crippen molar-refractivity contribution >= 4 is 24.3 Å². The van der Waals surface area contributed by atoms with Crippen molar-refractivity contribution in [2.24, 2.45) is 0 Å². The third-order valence-corrected chi connectivity index (χ3v) is 10.7. The maximum absolute atomic E-state index is 5.76. The lowest BCUT2D eigenvalue weighted by Crippen LogP contribution is -2.43. The van der Waals surface area contributed by atoms with Crippen LogP contribution >= 0.6 is 19.0 Å². The number of ether oxygens (including phenoxy) is 2. The molecule has 0 spiro atoms. The van der Waals surface area contributed by atoms with E-state index < -0.39 is 6.77 Å². The molecule has 2 aliphatic heterocycles. The van der Waals surface area contributed by atoms with Gasteiger partial charge in [-0.2, -0.15) is 0 Å². The van der Waals surface area contributed by atoms with Crippen molar-refractivity contribution in [1.82, 2.24) is 9.34 Å². The average molecular weight is 369 g/mol. The predicted octanol–water partition coefficient (Wildman–Crippen LogP) is 3.99. The summed E-state index contributed by atoms with van der Waals surface area (Å²) < 4.78 is 16.5. The first-order valence-corrected chi connectivity index (χ1v) is 11.9. The average Bonchev–Trinajstić information content (AvgIpc) is 2.68. The van der Waals surface area contributed by atoms with Gasteiger partial charge in [0.25, 0.3) is 0 Å². The highest BCUT2D eigenvalue weighted by atomic mass is 32.7. The molecule has 1 aromatic carbocycles. The SMILES string of the molecule is COc1ccc([P+](S)(N2CCCCC2)N2CCCCC2)c(OC)c1. The lowest BCUT2D eigenvalue weighted by molar-refractivity contribution is 0.311. The van der Waals surface area contributed by atoms with Crippen LogP contribution in [-0.2, 0) is 0 Å². The van der Waals surface area contributed by atoms with Gasteiger partial charge in [0.1, 0.15) is 5.75 Å². The zero-order valence-electron chi connectivity index (χ0n) is 14.9. The first-order valence-electron chi connectivity index (χ1n) is 9.05. The fourth-order valence-corrected chi connectivity index (χ4v) is 8.77. The predicted molar refractivity (Wildman–Crippen MR) is 106 cm³/mol. The molecule has 0 radical (unpaired) electrons. The molecule has 0 bridgehead atoms. The van der Waals surface area contributed by atoms with Crippen LogP contribution < -0.4 is 14.8 Å². The van der Waals surface area contributed by atoms with E-state index in [4.69, 9.17) is 21.7 Å². The van der Waals surface area contributed by atoms with Gasteiger partial charge in [-0.1, -0.05) is 12.8 Å². The summed E-state index contributed by atoms with van der Waals surface area (Å²) in [4.78, 5) is 0. The van der Waals surface area contributed by atoms with Gasteiger partial charge in [-0.3, -0.25) is 0 Å². The standard InChI is InChI=1S/C18H30N2O2PS/c1-21-16-9-10-18(17(15-16)22-2)23(24,19-11-5-3-6-12-19)20-13-7-4-8-14-20/h9-10,15,24H,3-8,11-14H2,1-2H3/q+1. The van der Waals surface area contributed by atoms with E-state index in [1.54, 1.807) is 14.2 Å². The highest BCUT2D eigenvalue weighted by Gasteiger charge is 2.52. The Hall–Kier alpha value is -0.480. The molecule has 3 rings (SSSR count). The van der Waals surface area contributed by atoms with Crippen LogP contribution in [0.2, 0.25) is 0 Å². The minimum Gasteiger partial charge on any atom is -0.497 e. The van der Waals surface area contributed by atoms with Gasteiger partial charge in [-0.05, 0) is 37.8 Å². The summed E-state index contributed by atoms with van der Waals surface area (Å²) in [6.07, 6.45) is 7.76. The lowest BCUT2D eigenvalue weighted by atomic mass is 10.2. The van der Waals surface area contributed by atoms with E-state index in [0.717, 1.165) is 37.7 Å². The largest absolute Gasteiger partial charge is 0.497 e. The molecule has 0 unspecified atom stereocenters. The van der Waals surface area contributed by atoms with Crippen LogP contribution in [0.3, 0.4) is 0 Å². The van der Waals surface area contributed by atoms with E-state index in [1.807, 2.05) is 6.07 Å². The number of hydrogen-bond donors (Lipinski definition) is 1. The van der Waals surface area contributed by atoms with E-state index in [-0.39, 0.29) is 0 Å². The summed E-state index contributed by atoms with van der Waals surface area (Å²) >= 11 is 5.42. The Kier molecular flexibility index (Phi) is 6.31. The molecule has 0 aromatic heterocycles. The number of rotatable bonds is 5. The third-order valence-electron chi connectivity index (χ3n) is 5.16. The van der Waals surface area contributed by atoms with Gasteiger partial charge in [0.05, 0.1) is 14.2 Å². The van der Waals surface area contributed by atoms with Crippen molar-refractivity contribution in [2.45, 2.75) is 38.5 Å². The van der Waals surface area contributed by atoms with Crippen molar-refractivity contribution in [2.75, 3.05) is 40.4 Å².